The van der Waals surface area contributed by atoms with Crippen molar-refractivity contribution in [1.29, 1.82) is 0 Å². The van der Waals surface area contributed by atoms with Crippen molar-refractivity contribution in [3.8, 4) is 0 Å². The lowest BCUT2D eigenvalue weighted by molar-refractivity contribution is -0.255. The minimum Gasteiger partial charge on any atom is -0.545 e. The Kier molecular flexibility index (Phi) is 4.48. The summed E-state index contributed by atoms with van der Waals surface area (Å²) in [5.41, 5.74) is 0.629. The number of hydrogen-bond donors (Lipinski definition) is 1. The van der Waals surface area contributed by atoms with Gasteiger partial charge in [-0.05, 0) is 42.0 Å². The van der Waals surface area contributed by atoms with Gasteiger partial charge in [0.1, 0.15) is 10.7 Å². The molecule has 0 saturated carbocycles. The van der Waals surface area contributed by atoms with E-state index in [1.807, 2.05) is 0 Å². The predicted octanol–water partition coefficient (Wildman–Crippen LogP) is 2.14. The first-order valence-corrected chi connectivity index (χ1v) is 7.76. The number of rotatable bonds is 4. The fourth-order valence-electron chi connectivity index (χ4n) is 2.27. The van der Waals surface area contributed by atoms with Gasteiger partial charge in [0.25, 0.3) is 11.8 Å². The van der Waals surface area contributed by atoms with Crippen molar-refractivity contribution >= 4 is 52.4 Å². The van der Waals surface area contributed by atoms with Gasteiger partial charge in [0.2, 0.25) is 0 Å². The second-order valence-electron chi connectivity index (χ2n) is 5.10. The van der Waals surface area contributed by atoms with Crippen LogP contribution in [0.15, 0.2) is 59.3 Å². The molecule has 0 unspecified atom stereocenters. The zero-order valence-corrected chi connectivity index (χ0v) is 14.0. The SMILES string of the molecule is O=C([O-])c1ccc(NC2=C(Cl)C(=O)N(c3ccc(Cl)cc3)C2=O)cc1. The van der Waals surface area contributed by atoms with E-state index in [-0.39, 0.29) is 16.3 Å². The molecule has 2 amide bonds. The van der Waals surface area contributed by atoms with Crippen LogP contribution in [0, 0.1) is 0 Å². The first-order chi connectivity index (χ1) is 11.9. The molecule has 0 bridgehead atoms. The van der Waals surface area contributed by atoms with Gasteiger partial charge in [-0.3, -0.25) is 9.59 Å². The van der Waals surface area contributed by atoms with E-state index in [2.05, 4.69) is 5.32 Å². The Morgan fingerprint density at radius 3 is 2.08 bits per heavy atom. The van der Waals surface area contributed by atoms with Crippen molar-refractivity contribution in [3.05, 3.63) is 69.8 Å². The van der Waals surface area contributed by atoms with Gasteiger partial charge in [-0.25, -0.2) is 4.90 Å². The first-order valence-electron chi connectivity index (χ1n) is 7.01. The monoisotopic (exact) mass is 375 g/mol. The van der Waals surface area contributed by atoms with Gasteiger partial charge in [0, 0.05) is 10.7 Å². The number of carbonyl (C=O) groups is 3. The number of carboxylic acid groups (broad SMARTS) is 1. The zero-order valence-electron chi connectivity index (χ0n) is 12.5. The summed E-state index contributed by atoms with van der Waals surface area (Å²) in [6.45, 7) is 0. The number of carboxylic acids is 1. The Morgan fingerprint density at radius 1 is 0.920 bits per heavy atom. The second kappa shape index (κ2) is 6.58. The summed E-state index contributed by atoms with van der Waals surface area (Å²) < 4.78 is 0. The molecular weight excluding hydrogens is 367 g/mol. The highest BCUT2D eigenvalue weighted by molar-refractivity contribution is 6.53. The largest absolute Gasteiger partial charge is 0.545 e. The molecule has 1 heterocycles. The number of benzene rings is 2. The van der Waals surface area contributed by atoms with Crippen molar-refractivity contribution in [3.63, 3.8) is 0 Å². The number of carbonyl (C=O) groups excluding carboxylic acids is 3. The highest BCUT2D eigenvalue weighted by atomic mass is 35.5. The predicted molar refractivity (Wildman–Crippen MR) is 91.2 cm³/mol. The van der Waals surface area contributed by atoms with Crippen LogP contribution in [0.3, 0.4) is 0 Å². The maximum absolute atomic E-state index is 12.6. The van der Waals surface area contributed by atoms with Gasteiger partial charge < -0.3 is 15.2 Å². The molecule has 0 aliphatic carbocycles. The van der Waals surface area contributed by atoms with Gasteiger partial charge in [-0.15, -0.1) is 0 Å². The molecular formula is C17H9Cl2N2O4-. The van der Waals surface area contributed by atoms with E-state index < -0.39 is 17.8 Å². The molecule has 25 heavy (non-hydrogen) atoms. The number of anilines is 2. The molecule has 0 atom stereocenters. The fraction of sp³-hybridized carbons (Fsp3) is 0. The van der Waals surface area contributed by atoms with Gasteiger partial charge in [0.15, 0.2) is 0 Å². The molecule has 6 nitrogen and oxygen atoms in total. The van der Waals surface area contributed by atoms with Crippen LogP contribution in [0.1, 0.15) is 10.4 Å². The summed E-state index contributed by atoms with van der Waals surface area (Å²) in [5, 5.41) is 13.7. The summed E-state index contributed by atoms with van der Waals surface area (Å²) in [7, 11) is 0. The normalized spacial score (nSPS) is 14.2. The number of aromatic carboxylic acids is 1. The molecule has 126 valence electrons. The summed E-state index contributed by atoms with van der Waals surface area (Å²) in [4.78, 5) is 36.5. The van der Waals surface area contributed by atoms with E-state index in [9.17, 15) is 19.5 Å². The lowest BCUT2D eigenvalue weighted by Crippen LogP contribution is -2.32. The van der Waals surface area contributed by atoms with Crippen molar-refractivity contribution in [1.82, 2.24) is 0 Å². The van der Waals surface area contributed by atoms with E-state index >= 15 is 0 Å². The molecule has 0 aromatic heterocycles. The molecule has 2 aromatic carbocycles. The van der Waals surface area contributed by atoms with Gasteiger partial charge in [-0.2, -0.15) is 0 Å². The Labute approximate surface area is 152 Å². The van der Waals surface area contributed by atoms with Crippen molar-refractivity contribution in [2.75, 3.05) is 10.2 Å². The first kappa shape index (κ1) is 17.0. The molecule has 0 radical (unpaired) electrons. The minimum atomic E-state index is -1.31. The van der Waals surface area contributed by atoms with Crippen LogP contribution in [0.4, 0.5) is 11.4 Å². The highest BCUT2D eigenvalue weighted by Gasteiger charge is 2.38. The summed E-state index contributed by atoms with van der Waals surface area (Å²) in [6.07, 6.45) is 0. The number of nitrogens with one attached hydrogen (secondary N) is 1. The quantitative estimate of drug-likeness (QED) is 0.826. The zero-order chi connectivity index (χ0) is 18.1. The van der Waals surface area contributed by atoms with Crippen LogP contribution in [-0.4, -0.2) is 17.8 Å². The molecule has 0 fully saturated rings. The van der Waals surface area contributed by atoms with Crippen molar-refractivity contribution < 1.29 is 19.5 Å². The van der Waals surface area contributed by atoms with Crippen LogP contribution in [0.2, 0.25) is 5.02 Å². The molecule has 1 aliphatic heterocycles. The average molecular weight is 376 g/mol. The van der Waals surface area contributed by atoms with Gasteiger partial charge in [-0.1, -0.05) is 35.3 Å². The summed E-state index contributed by atoms with van der Waals surface area (Å²) >= 11 is 11.8. The minimum absolute atomic E-state index is 0.0118. The van der Waals surface area contributed by atoms with Gasteiger partial charge >= 0.3 is 0 Å². The highest BCUT2D eigenvalue weighted by Crippen LogP contribution is 2.30. The number of amides is 2. The van der Waals surface area contributed by atoms with Crippen LogP contribution in [-0.2, 0) is 9.59 Å². The third-order valence-electron chi connectivity index (χ3n) is 3.50. The third-order valence-corrected chi connectivity index (χ3v) is 4.10. The average Bonchev–Trinajstić information content (AvgIpc) is 2.80. The fourth-order valence-corrected chi connectivity index (χ4v) is 2.61. The van der Waals surface area contributed by atoms with Crippen molar-refractivity contribution in [2.45, 2.75) is 0 Å². The van der Waals surface area contributed by atoms with Crippen LogP contribution in [0.25, 0.3) is 0 Å². The maximum atomic E-state index is 12.6. The van der Waals surface area contributed by atoms with E-state index in [4.69, 9.17) is 23.2 Å². The Morgan fingerprint density at radius 2 is 1.52 bits per heavy atom. The lowest BCUT2D eigenvalue weighted by atomic mass is 10.2. The van der Waals surface area contributed by atoms with Crippen molar-refractivity contribution in [2.24, 2.45) is 0 Å². The molecule has 2 aromatic rings. The molecule has 1 N–H and O–H groups in total. The third kappa shape index (κ3) is 3.22. The summed E-state index contributed by atoms with van der Waals surface area (Å²) in [6, 6.07) is 11.6. The van der Waals surface area contributed by atoms with E-state index in [0.717, 1.165) is 4.90 Å². The van der Waals surface area contributed by atoms with E-state index in [1.54, 1.807) is 12.1 Å². The number of imide groups is 1. The smallest absolute Gasteiger partial charge is 0.283 e. The van der Waals surface area contributed by atoms with E-state index in [1.165, 1.54) is 36.4 Å². The van der Waals surface area contributed by atoms with Gasteiger partial charge in [0.05, 0.1) is 11.7 Å². The topological polar surface area (TPSA) is 89.5 Å². The molecule has 8 heteroatoms. The lowest BCUT2D eigenvalue weighted by Gasteiger charge is -2.15. The summed E-state index contributed by atoms with van der Waals surface area (Å²) in [5.74, 6) is -2.60. The Balaban J connectivity index is 1.86. The molecule has 1 aliphatic rings. The van der Waals surface area contributed by atoms with Crippen LogP contribution >= 0.6 is 23.2 Å². The van der Waals surface area contributed by atoms with Crippen LogP contribution in [0.5, 0.6) is 0 Å². The Hall–Kier alpha value is -2.83. The van der Waals surface area contributed by atoms with Crippen LogP contribution < -0.4 is 15.3 Å². The molecule has 0 saturated heterocycles. The molecule has 3 rings (SSSR count). The Bertz CT molecular complexity index is 905. The maximum Gasteiger partial charge on any atom is 0.283 e. The number of hydrogen-bond acceptors (Lipinski definition) is 5. The standard InChI is InChI=1S/C17H10Cl2N2O4/c18-10-3-7-12(8-4-10)21-15(22)13(19)14(16(21)23)20-11-5-1-9(2-6-11)17(24)25/h1-8,20H,(H,24,25)/p-1. The van der Waals surface area contributed by atoms with E-state index in [0.29, 0.717) is 16.4 Å². The number of nitrogens with zero attached hydrogens (tertiary/aromatic N) is 1. The number of halogens is 2. The second-order valence-corrected chi connectivity index (χ2v) is 5.92. The molecule has 0 spiro atoms.